The topological polar surface area (TPSA) is 170 Å². The zero-order valence-electron chi connectivity index (χ0n) is 17.5. The molecule has 0 saturated carbocycles. The summed E-state index contributed by atoms with van der Waals surface area (Å²) in [6.45, 7) is 2.27. The van der Waals surface area contributed by atoms with Crippen LogP contribution in [0.2, 0.25) is 0 Å². The lowest BCUT2D eigenvalue weighted by atomic mass is 10.1. The summed E-state index contributed by atoms with van der Waals surface area (Å²) in [6.07, 6.45) is 1.49. The Labute approximate surface area is 186 Å². The summed E-state index contributed by atoms with van der Waals surface area (Å²) in [6, 6.07) is 5.92. The monoisotopic (exact) mass is 470 g/mol. The third kappa shape index (κ3) is 7.20. The Balaban J connectivity index is 1.40. The van der Waals surface area contributed by atoms with Gasteiger partial charge in [-0.15, -0.1) is 0 Å². The van der Waals surface area contributed by atoms with Gasteiger partial charge in [0.25, 0.3) is 5.91 Å². The number of carbonyl (C=O) groups excluding carboxylic acids is 1. The van der Waals surface area contributed by atoms with Gasteiger partial charge in [0.2, 0.25) is 10.0 Å². The van der Waals surface area contributed by atoms with Gasteiger partial charge in [-0.1, -0.05) is 18.2 Å². The average molecular weight is 471 g/mol. The second kappa shape index (κ2) is 11.7. The van der Waals surface area contributed by atoms with Crippen LogP contribution in [0.25, 0.3) is 0 Å². The van der Waals surface area contributed by atoms with Gasteiger partial charge in [-0.3, -0.25) is 30.4 Å². The largest absolute Gasteiger partial charge is 0.480 e. The second-order valence-electron chi connectivity index (χ2n) is 7.66. The molecule has 178 valence electrons. The molecule has 3 unspecified atom stereocenters. The SMILES string of the molecule is O=C(O)C(CNC(=O)C1CC(CCCNC2NCCN2)NO1)NS(=O)(=O)c1ccccc1. The van der Waals surface area contributed by atoms with Gasteiger partial charge in [0.15, 0.2) is 6.10 Å². The van der Waals surface area contributed by atoms with Crippen LogP contribution in [-0.2, 0) is 24.4 Å². The van der Waals surface area contributed by atoms with Gasteiger partial charge in [-0.25, -0.2) is 8.42 Å². The number of hydrogen-bond donors (Lipinski definition) is 7. The number of sulfonamides is 1. The first-order valence-corrected chi connectivity index (χ1v) is 12.0. The maximum Gasteiger partial charge on any atom is 0.323 e. The van der Waals surface area contributed by atoms with Crippen LogP contribution in [-0.4, -0.2) is 76.1 Å². The molecule has 32 heavy (non-hydrogen) atoms. The first-order chi connectivity index (χ1) is 15.3. The molecule has 13 heteroatoms. The Morgan fingerprint density at radius 1 is 1.19 bits per heavy atom. The molecule has 0 spiro atoms. The number of rotatable bonds is 12. The van der Waals surface area contributed by atoms with Gasteiger partial charge < -0.3 is 10.4 Å². The Hall–Kier alpha value is -2.13. The quantitative estimate of drug-likeness (QED) is 0.170. The third-order valence-corrected chi connectivity index (χ3v) is 6.68. The van der Waals surface area contributed by atoms with Crippen molar-refractivity contribution < 1.29 is 28.0 Å². The molecule has 2 heterocycles. The van der Waals surface area contributed by atoms with Gasteiger partial charge in [0.05, 0.1) is 4.90 Å². The van der Waals surface area contributed by atoms with Crippen LogP contribution < -0.4 is 31.5 Å². The minimum Gasteiger partial charge on any atom is -0.480 e. The number of nitrogens with one attached hydrogen (secondary N) is 6. The standard InChI is InChI=1S/C19H30N6O6S/c26-17(16-11-13(24-31-16)5-4-8-20-19-21-9-10-22-19)23-12-15(18(27)28)25-32(29,30)14-6-2-1-3-7-14/h1-3,6-7,13,15-16,19-22,24-25H,4-5,8-12H2,(H,23,26)(H,27,28). The number of hydrogen-bond acceptors (Lipinski definition) is 9. The van der Waals surface area contributed by atoms with Crippen molar-refractivity contribution in [2.45, 2.75) is 48.6 Å². The zero-order chi connectivity index (χ0) is 23.0. The molecule has 3 atom stereocenters. The highest BCUT2D eigenvalue weighted by Crippen LogP contribution is 2.15. The molecule has 1 aromatic rings. The van der Waals surface area contributed by atoms with E-state index in [1.807, 2.05) is 0 Å². The van der Waals surface area contributed by atoms with E-state index in [0.29, 0.717) is 6.42 Å². The summed E-state index contributed by atoms with van der Waals surface area (Å²) in [7, 11) is -4.04. The molecule has 2 aliphatic heterocycles. The Kier molecular flexibility index (Phi) is 8.92. The Bertz CT molecular complexity index is 864. The van der Waals surface area contributed by atoms with Gasteiger partial charge in [-0.2, -0.15) is 10.2 Å². The van der Waals surface area contributed by atoms with Crippen molar-refractivity contribution >= 4 is 21.9 Å². The zero-order valence-corrected chi connectivity index (χ0v) is 18.4. The molecular formula is C19H30N6O6S. The first kappa shape index (κ1) is 24.5. The molecule has 2 fully saturated rings. The van der Waals surface area contributed by atoms with Crippen molar-refractivity contribution in [3.8, 4) is 0 Å². The number of hydroxylamine groups is 1. The van der Waals surface area contributed by atoms with Crippen LogP contribution in [0.4, 0.5) is 0 Å². The van der Waals surface area contributed by atoms with Gasteiger partial charge >= 0.3 is 5.97 Å². The van der Waals surface area contributed by atoms with Gasteiger partial charge in [0, 0.05) is 32.1 Å². The fraction of sp³-hybridized carbons (Fsp3) is 0.579. The molecular weight excluding hydrogens is 440 g/mol. The molecule has 0 radical (unpaired) electrons. The average Bonchev–Trinajstić information content (AvgIpc) is 3.46. The van der Waals surface area contributed by atoms with Gasteiger partial charge in [0.1, 0.15) is 12.3 Å². The van der Waals surface area contributed by atoms with E-state index in [1.54, 1.807) is 6.07 Å². The van der Waals surface area contributed by atoms with Crippen molar-refractivity contribution in [2.75, 3.05) is 26.2 Å². The van der Waals surface area contributed by atoms with E-state index in [-0.39, 0.29) is 17.2 Å². The van der Waals surface area contributed by atoms with E-state index in [4.69, 9.17) is 4.84 Å². The van der Waals surface area contributed by atoms with Gasteiger partial charge in [-0.05, 0) is 31.5 Å². The summed E-state index contributed by atoms with van der Waals surface area (Å²) >= 11 is 0. The number of amides is 1. The van der Waals surface area contributed by atoms with Crippen molar-refractivity contribution in [1.29, 1.82) is 0 Å². The molecule has 0 aromatic heterocycles. The molecule has 12 nitrogen and oxygen atoms in total. The second-order valence-corrected chi connectivity index (χ2v) is 9.38. The van der Waals surface area contributed by atoms with Crippen LogP contribution in [0.3, 0.4) is 0 Å². The van der Waals surface area contributed by atoms with E-state index in [2.05, 4.69) is 31.5 Å². The molecule has 1 amide bonds. The van der Waals surface area contributed by atoms with Crippen LogP contribution in [0, 0.1) is 0 Å². The molecule has 3 rings (SSSR count). The van der Waals surface area contributed by atoms with E-state index < -0.39 is 40.6 Å². The number of benzene rings is 1. The van der Waals surface area contributed by atoms with Crippen LogP contribution in [0.1, 0.15) is 19.3 Å². The summed E-state index contributed by atoms with van der Waals surface area (Å²) in [5.41, 5.74) is 2.84. The summed E-state index contributed by atoms with van der Waals surface area (Å²) < 4.78 is 26.8. The van der Waals surface area contributed by atoms with Crippen LogP contribution in [0.15, 0.2) is 35.2 Å². The Morgan fingerprint density at radius 2 is 1.91 bits per heavy atom. The van der Waals surface area contributed by atoms with Crippen molar-refractivity contribution in [3.63, 3.8) is 0 Å². The lowest BCUT2D eigenvalue weighted by Crippen LogP contribution is -2.49. The predicted octanol–water partition coefficient (Wildman–Crippen LogP) is -1.96. The minimum atomic E-state index is -4.04. The lowest BCUT2D eigenvalue weighted by molar-refractivity contribution is -0.139. The minimum absolute atomic E-state index is 0.00361. The molecule has 7 N–H and O–H groups in total. The predicted molar refractivity (Wildman–Crippen MR) is 115 cm³/mol. The number of carbonyl (C=O) groups is 2. The normalized spacial score (nSPS) is 22.6. The summed E-state index contributed by atoms with van der Waals surface area (Å²) in [5, 5.41) is 21.7. The van der Waals surface area contributed by atoms with E-state index in [0.717, 1.165) is 32.5 Å². The highest BCUT2D eigenvalue weighted by atomic mass is 32.2. The summed E-state index contributed by atoms with van der Waals surface area (Å²) in [4.78, 5) is 29.2. The molecule has 2 aliphatic rings. The van der Waals surface area contributed by atoms with Crippen molar-refractivity contribution in [3.05, 3.63) is 30.3 Å². The maximum absolute atomic E-state index is 12.4. The maximum atomic E-state index is 12.4. The molecule has 0 bridgehead atoms. The number of carboxylic acid groups (broad SMARTS) is 1. The fourth-order valence-electron chi connectivity index (χ4n) is 3.47. The molecule has 2 saturated heterocycles. The highest BCUT2D eigenvalue weighted by Gasteiger charge is 2.32. The number of aliphatic carboxylic acids is 1. The lowest BCUT2D eigenvalue weighted by Gasteiger charge is -2.17. The fourth-order valence-corrected chi connectivity index (χ4v) is 4.68. The smallest absolute Gasteiger partial charge is 0.323 e. The van der Waals surface area contributed by atoms with Crippen LogP contribution >= 0.6 is 0 Å². The summed E-state index contributed by atoms with van der Waals surface area (Å²) in [5.74, 6) is -1.89. The number of carboxylic acids is 1. The highest BCUT2D eigenvalue weighted by molar-refractivity contribution is 7.89. The van der Waals surface area contributed by atoms with Crippen molar-refractivity contribution in [1.82, 2.24) is 31.5 Å². The Morgan fingerprint density at radius 3 is 2.59 bits per heavy atom. The van der Waals surface area contributed by atoms with E-state index in [9.17, 15) is 23.1 Å². The third-order valence-electron chi connectivity index (χ3n) is 5.20. The first-order valence-electron chi connectivity index (χ1n) is 10.5. The molecule has 1 aromatic carbocycles. The van der Waals surface area contributed by atoms with E-state index in [1.165, 1.54) is 24.3 Å². The molecule has 0 aliphatic carbocycles. The van der Waals surface area contributed by atoms with Crippen molar-refractivity contribution in [2.24, 2.45) is 0 Å². The van der Waals surface area contributed by atoms with Crippen LogP contribution in [0.5, 0.6) is 0 Å². The van der Waals surface area contributed by atoms with E-state index >= 15 is 0 Å².